The smallest absolute Gasteiger partial charge is 0.145 e. The van der Waals surface area contributed by atoms with Crippen LogP contribution in [0.2, 0.25) is 0 Å². The van der Waals surface area contributed by atoms with Crippen LogP contribution in [0, 0.1) is 6.92 Å². The van der Waals surface area contributed by atoms with Crippen LogP contribution in [0.4, 0.5) is 5.82 Å². The van der Waals surface area contributed by atoms with Crippen molar-refractivity contribution < 1.29 is 4.74 Å². The first-order valence-electron chi connectivity index (χ1n) is 5.05. The summed E-state index contributed by atoms with van der Waals surface area (Å²) in [6, 6.07) is 5.99. The Labute approximate surface area is 94.7 Å². The number of ether oxygens (including phenoxy) is 1. The summed E-state index contributed by atoms with van der Waals surface area (Å²) < 4.78 is 7.17. The molecule has 0 aliphatic heterocycles. The molecule has 84 valence electrons. The van der Waals surface area contributed by atoms with Crippen LogP contribution >= 0.6 is 0 Å². The van der Waals surface area contributed by atoms with Gasteiger partial charge < -0.3 is 15.0 Å². The average molecular weight is 217 g/mol. The first kappa shape index (κ1) is 10.5. The van der Waals surface area contributed by atoms with Crippen molar-refractivity contribution in [3.63, 3.8) is 0 Å². The lowest BCUT2D eigenvalue weighted by molar-refractivity contribution is 0.416. The van der Waals surface area contributed by atoms with Crippen molar-refractivity contribution in [1.29, 1.82) is 0 Å². The molecule has 4 heteroatoms. The molecule has 0 amide bonds. The van der Waals surface area contributed by atoms with Crippen molar-refractivity contribution in [2.24, 2.45) is 7.05 Å². The summed E-state index contributed by atoms with van der Waals surface area (Å²) in [6.07, 6.45) is 1.65. The Morgan fingerprint density at radius 2 is 2.12 bits per heavy atom. The van der Waals surface area contributed by atoms with Gasteiger partial charge in [0, 0.05) is 7.05 Å². The van der Waals surface area contributed by atoms with Crippen LogP contribution in [0.15, 0.2) is 24.4 Å². The van der Waals surface area contributed by atoms with E-state index in [0.717, 1.165) is 22.7 Å². The zero-order valence-electron chi connectivity index (χ0n) is 9.69. The molecule has 0 bridgehead atoms. The minimum Gasteiger partial charge on any atom is -0.496 e. The number of hydrogen-bond donors (Lipinski definition) is 1. The van der Waals surface area contributed by atoms with E-state index in [1.807, 2.05) is 36.7 Å². The number of hydrogen-bond acceptors (Lipinski definition) is 3. The lowest BCUT2D eigenvalue weighted by Gasteiger charge is -2.09. The molecule has 2 N–H and O–H groups in total. The topological polar surface area (TPSA) is 53.1 Å². The lowest BCUT2D eigenvalue weighted by atomic mass is 10.1. The summed E-state index contributed by atoms with van der Waals surface area (Å²) in [7, 11) is 3.54. The van der Waals surface area contributed by atoms with Crippen LogP contribution < -0.4 is 10.5 Å². The molecule has 2 aromatic rings. The standard InChI is InChI=1S/C12H15N3O/c1-8-4-5-10(16-3)9(6-8)12-14-7-11(13)15(12)2/h4-7H,13H2,1-3H3. The summed E-state index contributed by atoms with van der Waals surface area (Å²) >= 11 is 0. The Morgan fingerprint density at radius 1 is 1.38 bits per heavy atom. The Balaban J connectivity index is 2.62. The number of methoxy groups -OCH3 is 1. The molecule has 0 spiro atoms. The van der Waals surface area contributed by atoms with Crippen molar-refractivity contribution >= 4 is 5.82 Å². The largest absolute Gasteiger partial charge is 0.496 e. The number of nitrogen functional groups attached to an aromatic ring is 1. The molecule has 1 heterocycles. The summed E-state index contributed by atoms with van der Waals surface area (Å²) in [5.74, 6) is 2.26. The molecule has 4 nitrogen and oxygen atoms in total. The number of benzene rings is 1. The van der Waals surface area contributed by atoms with E-state index in [4.69, 9.17) is 10.5 Å². The first-order chi connectivity index (χ1) is 7.63. The van der Waals surface area contributed by atoms with E-state index in [9.17, 15) is 0 Å². The summed E-state index contributed by atoms with van der Waals surface area (Å²) in [6.45, 7) is 2.04. The highest BCUT2D eigenvalue weighted by Crippen LogP contribution is 2.30. The number of aryl methyl sites for hydroxylation is 1. The highest BCUT2D eigenvalue weighted by Gasteiger charge is 2.11. The van der Waals surface area contributed by atoms with Gasteiger partial charge in [-0.2, -0.15) is 0 Å². The van der Waals surface area contributed by atoms with E-state index >= 15 is 0 Å². The predicted molar refractivity (Wildman–Crippen MR) is 64.3 cm³/mol. The minimum atomic E-state index is 0.638. The van der Waals surface area contributed by atoms with Gasteiger partial charge in [-0.15, -0.1) is 0 Å². The number of imidazole rings is 1. The number of anilines is 1. The van der Waals surface area contributed by atoms with E-state index in [2.05, 4.69) is 4.98 Å². The van der Waals surface area contributed by atoms with Gasteiger partial charge in [0.1, 0.15) is 17.4 Å². The molecule has 0 saturated carbocycles. The monoisotopic (exact) mass is 217 g/mol. The van der Waals surface area contributed by atoms with Crippen molar-refractivity contribution in [1.82, 2.24) is 9.55 Å². The second-order valence-electron chi connectivity index (χ2n) is 3.77. The Hall–Kier alpha value is -1.97. The van der Waals surface area contributed by atoms with Crippen LogP contribution in [0.5, 0.6) is 5.75 Å². The van der Waals surface area contributed by atoms with E-state index in [0.29, 0.717) is 5.82 Å². The normalized spacial score (nSPS) is 10.4. The van der Waals surface area contributed by atoms with Gasteiger partial charge in [-0.1, -0.05) is 11.6 Å². The van der Waals surface area contributed by atoms with Gasteiger partial charge in [0.25, 0.3) is 0 Å². The molecular weight excluding hydrogens is 202 g/mol. The molecule has 0 aliphatic carbocycles. The van der Waals surface area contributed by atoms with Crippen molar-refractivity contribution in [3.8, 4) is 17.1 Å². The molecule has 1 aromatic carbocycles. The SMILES string of the molecule is COc1ccc(C)cc1-c1ncc(N)n1C. The zero-order chi connectivity index (χ0) is 11.7. The maximum Gasteiger partial charge on any atom is 0.145 e. The van der Waals surface area contributed by atoms with Gasteiger partial charge in [0.05, 0.1) is 18.9 Å². The fourth-order valence-electron chi connectivity index (χ4n) is 1.67. The molecule has 16 heavy (non-hydrogen) atoms. The summed E-state index contributed by atoms with van der Waals surface area (Å²) in [4.78, 5) is 4.29. The van der Waals surface area contributed by atoms with Crippen LogP contribution in [0.25, 0.3) is 11.4 Å². The Bertz CT molecular complexity index is 517. The molecule has 1 aromatic heterocycles. The third-order valence-corrected chi connectivity index (χ3v) is 2.62. The van der Waals surface area contributed by atoms with Crippen LogP contribution in [-0.2, 0) is 7.05 Å². The highest BCUT2D eigenvalue weighted by atomic mass is 16.5. The fourth-order valence-corrected chi connectivity index (χ4v) is 1.67. The fraction of sp³-hybridized carbons (Fsp3) is 0.250. The van der Waals surface area contributed by atoms with E-state index in [-0.39, 0.29) is 0 Å². The third kappa shape index (κ3) is 1.62. The quantitative estimate of drug-likeness (QED) is 0.836. The Morgan fingerprint density at radius 3 is 2.69 bits per heavy atom. The molecule has 0 aliphatic rings. The van der Waals surface area contributed by atoms with Gasteiger partial charge in [0.15, 0.2) is 0 Å². The summed E-state index contributed by atoms with van der Waals surface area (Å²) in [5.41, 5.74) is 7.89. The van der Waals surface area contributed by atoms with E-state index in [1.165, 1.54) is 0 Å². The molecular formula is C12H15N3O. The van der Waals surface area contributed by atoms with Crippen LogP contribution in [0.1, 0.15) is 5.56 Å². The van der Waals surface area contributed by atoms with Crippen molar-refractivity contribution in [3.05, 3.63) is 30.0 Å². The highest BCUT2D eigenvalue weighted by molar-refractivity contribution is 5.67. The van der Waals surface area contributed by atoms with Crippen LogP contribution in [0.3, 0.4) is 0 Å². The molecule has 0 unspecified atom stereocenters. The maximum absolute atomic E-state index is 5.77. The second-order valence-corrected chi connectivity index (χ2v) is 3.77. The maximum atomic E-state index is 5.77. The van der Waals surface area contributed by atoms with Gasteiger partial charge >= 0.3 is 0 Å². The summed E-state index contributed by atoms with van der Waals surface area (Å²) in [5, 5.41) is 0. The first-order valence-corrected chi connectivity index (χ1v) is 5.05. The molecule has 0 saturated heterocycles. The van der Waals surface area contributed by atoms with Gasteiger partial charge in [0.2, 0.25) is 0 Å². The van der Waals surface area contributed by atoms with E-state index in [1.54, 1.807) is 13.3 Å². The minimum absolute atomic E-state index is 0.638. The number of nitrogens with two attached hydrogens (primary N) is 1. The van der Waals surface area contributed by atoms with Crippen molar-refractivity contribution in [2.75, 3.05) is 12.8 Å². The lowest BCUT2D eigenvalue weighted by Crippen LogP contribution is -1.99. The molecule has 0 radical (unpaired) electrons. The van der Waals surface area contributed by atoms with Gasteiger partial charge in [-0.25, -0.2) is 4.98 Å². The number of aromatic nitrogens is 2. The zero-order valence-corrected chi connectivity index (χ0v) is 9.69. The second kappa shape index (κ2) is 3.89. The number of nitrogens with zero attached hydrogens (tertiary/aromatic N) is 2. The van der Waals surface area contributed by atoms with Crippen LogP contribution in [-0.4, -0.2) is 16.7 Å². The van der Waals surface area contributed by atoms with Gasteiger partial charge in [-0.05, 0) is 19.1 Å². The number of rotatable bonds is 2. The molecule has 2 rings (SSSR count). The van der Waals surface area contributed by atoms with Gasteiger partial charge in [-0.3, -0.25) is 0 Å². The molecule has 0 atom stereocenters. The van der Waals surface area contributed by atoms with E-state index < -0.39 is 0 Å². The Kier molecular flexibility index (Phi) is 2.56. The predicted octanol–water partition coefficient (Wildman–Crippen LogP) is 1.99. The average Bonchev–Trinajstić information content (AvgIpc) is 2.60. The third-order valence-electron chi connectivity index (χ3n) is 2.62. The van der Waals surface area contributed by atoms with Crippen molar-refractivity contribution in [2.45, 2.75) is 6.92 Å². The molecule has 0 fully saturated rings.